The number of carbonyl (C=O) groups is 1. The van der Waals surface area contributed by atoms with Crippen molar-refractivity contribution in [3.63, 3.8) is 0 Å². The van der Waals surface area contributed by atoms with Gasteiger partial charge in [0.1, 0.15) is 23.1 Å². The van der Waals surface area contributed by atoms with Crippen molar-refractivity contribution in [1.29, 1.82) is 0 Å². The molecule has 1 aromatic rings. The van der Waals surface area contributed by atoms with Crippen molar-refractivity contribution in [3.8, 4) is 5.75 Å². The molecule has 0 atom stereocenters. The van der Waals surface area contributed by atoms with E-state index in [0.29, 0.717) is 24.5 Å². The number of carbonyl (C=O) groups excluding carboxylic acids is 1. The first-order chi connectivity index (χ1) is 9.89. The smallest absolute Gasteiger partial charge is 0.410 e. The number of isothiocyanates is 1. The van der Waals surface area contributed by atoms with E-state index in [4.69, 9.17) is 9.47 Å². The van der Waals surface area contributed by atoms with E-state index < -0.39 is 5.60 Å². The highest BCUT2D eigenvalue weighted by Crippen LogP contribution is 2.28. The van der Waals surface area contributed by atoms with Crippen molar-refractivity contribution in [2.75, 3.05) is 13.1 Å². The Morgan fingerprint density at radius 1 is 1.52 bits per heavy atom. The Hall–Kier alpha value is -1.98. The number of aromatic nitrogens is 1. The van der Waals surface area contributed by atoms with Crippen LogP contribution in [-0.4, -0.2) is 45.9 Å². The summed E-state index contributed by atoms with van der Waals surface area (Å²) >= 11 is 4.58. The number of nitrogens with zero attached hydrogens (tertiary/aromatic N) is 3. The molecule has 0 bridgehead atoms. The Labute approximate surface area is 128 Å². The van der Waals surface area contributed by atoms with Crippen molar-refractivity contribution in [2.45, 2.75) is 32.5 Å². The molecule has 0 saturated carbocycles. The highest BCUT2D eigenvalue weighted by molar-refractivity contribution is 7.78. The van der Waals surface area contributed by atoms with Crippen LogP contribution in [0.15, 0.2) is 23.5 Å². The van der Waals surface area contributed by atoms with Gasteiger partial charge in [0.25, 0.3) is 0 Å². The van der Waals surface area contributed by atoms with Crippen LogP contribution in [0, 0.1) is 0 Å². The van der Waals surface area contributed by atoms with Crippen molar-refractivity contribution >= 4 is 29.2 Å². The van der Waals surface area contributed by atoms with E-state index in [1.54, 1.807) is 23.4 Å². The highest BCUT2D eigenvalue weighted by Gasteiger charge is 2.35. The third kappa shape index (κ3) is 4.24. The lowest BCUT2D eigenvalue weighted by molar-refractivity contribution is -0.0220. The summed E-state index contributed by atoms with van der Waals surface area (Å²) in [5.41, 5.74) is 0.0400. The lowest BCUT2D eigenvalue weighted by Gasteiger charge is -2.39. The molecule has 0 radical (unpaired) electrons. The molecule has 1 aliphatic rings. The van der Waals surface area contributed by atoms with Gasteiger partial charge in [-0.1, -0.05) is 0 Å². The molecule has 0 spiro atoms. The molecule has 6 nitrogen and oxygen atoms in total. The van der Waals surface area contributed by atoms with Gasteiger partial charge in [-0.3, -0.25) is 4.98 Å². The van der Waals surface area contributed by atoms with Crippen LogP contribution >= 0.6 is 12.2 Å². The molecule has 0 N–H and O–H groups in total. The van der Waals surface area contributed by atoms with Crippen LogP contribution in [0.3, 0.4) is 0 Å². The third-order valence-corrected chi connectivity index (χ3v) is 2.81. The summed E-state index contributed by atoms with van der Waals surface area (Å²) < 4.78 is 11.1. The zero-order chi connectivity index (χ0) is 15.5. The number of hydrogen-bond donors (Lipinski definition) is 0. The zero-order valence-electron chi connectivity index (χ0n) is 12.2. The number of likely N-dealkylation sites (tertiary alicyclic amines) is 1. The monoisotopic (exact) mass is 307 g/mol. The molecule has 7 heteroatoms. The van der Waals surface area contributed by atoms with Gasteiger partial charge in [0.15, 0.2) is 0 Å². The average molecular weight is 307 g/mol. The minimum absolute atomic E-state index is 0.0843. The minimum atomic E-state index is -0.491. The maximum Gasteiger partial charge on any atom is 0.410 e. The molecule has 2 rings (SSSR count). The zero-order valence-corrected chi connectivity index (χ0v) is 13.0. The highest BCUT2D eigenvalue weighted by atomic mass is 32.1. The van der Waals surface area contributed by atoms with E-state index in [0.717, 1.165) is 0 Å². The first kappa shape index (κ1) is 15.4. The maximum atomic E-state index is 11.8. The summed E-state index contributed by atoms with van der Waals surface area (Å²) in [4.78, 5) is 21.2. The molecular weight excluding hydrogens is 290 g/mol. The fourth-order valence-electron chi connectivity index (χ4n) is 1.77. The third-order valence-electron chi connectivity index (χ3n) is 2.72. The largest absolute Gasteiger partial charge is 0.484 e. The molecule has 1 aromatic heterocycles. The topological polar surface area (TPSA) is 64.0 Å². The van der Waals surface area contributed by atoms with Gasteiger partial charge in [-0.2, -0.15) is 4.99 Å². The second-order valence-corrected chi connectivity index (χ2v) is 5.85. The summed E-state index contributed by atoms with van der Waals surface area (Å²) in [5, 5.41) is 2.29. The number of rotatable bonds is 3. The van der Waals surface area contributed by atoms with Crippen molar-refractivity contribution in [3.05, 3.63) is 18.5 Å². The molecule has 112 valence electrons. The van der Waals surface area contributed by atoms with Crippen molar-refractivity contribution in [1.82, 2.24) is 9.88 Å². The van der Waals surface area contributed by atoms with Crippen molar-refractivity contribution < 1.29 is 14.3 Å². The molecule has 21 heavy (non-hydrogen) atoms. The summed E-state index contributed by atoms with van der Waals surface area (Å²) in [7, 11) is 0. The molecule has 1 aliphatic heterocycles. The fourth-order valence-corrected chi connectivity index (χ4v) is 1.87. The van der Waals surface area contributed by atoms with E-state index in [1.807, 2.05) is 20.8 Å². The predicted molar refractivity (Wildman–Crippen MR) is 81.1 cm³/mol. The van der Waals surface area contributed by atoms with Crippen LogP contribution in [0.4, 0.5) is 10.5 Å². The lowest BCUT2D eigenvalue weighted by atomic mass is 10.1. The van der Waals surface area contributed by atoms with E-state index >= 15 is 0 Å². The summed E-state index contributed by atoms with van der Waals surface area (Å²) in [6.07, 6.45) is 2.76. The van der Waals surface area contributed by atoms with Crippen LogP contribution in [0.25, 0.3) is 0 Å². The molecule has 0 unspecified atom stereocenters. The fraction of sp³-hybridized carbons (Fsp3) is 0.500. The SMILES string of the molecule is CC(C)(C)OC(=O)N1CC(Oc2ccncc2N=C=S)C1. The summed E-state index contributed by atoms with van der Waals surface area (Å²) in [5.74, 6) is 0.580. The van der Waals surface area contributed by atoms with E-state index in [1.165, 1.54) is 0 Å². The van der Waals surface area contributed by atoms with Crippen LogP contribution in [0.2, 0.25) is 0 Å². The lowest BCUT2D eigenvalue weighted by Crippen LogP contribution is -2.57. The van der Waals surface area contributed by atoms with Crippen LogP contribution < -0.4 is 4.74 Å². The normalized spacial score (nSPS) is 14.9. The second kappa shape index (κ2) is 6.20. The van der Waals surface area contributed by atoms with E-state index in [2.05, 4.69) is 27.4 Å². The second-order valence-electron chi connectivity index (χ2n) is 5.67. The van der Waals surface area contributed by atoms with Gasteiger partial charge in [-0.05, 0) is 33.0 Å². The molecule has 1 fully saturated rings. The van der Waals surface area contributed by atoms with Gasteiger partial charge in [-0.15, -0.1) is 0 Å². The number of ether oxygens (including phenoxy) is 2. The van der Waals surface area contributed by atoms with Gasteiger partial charge >= 0.3 is 6.09 Å². The molecular formula is C14H17N3O3S. The number of pyridine rings is 1. The first-order valence-corrected chi connectivity index (χ1v) is 6.96. The Kier molecular flexibility index (Phi) is 4.55. The van der Waals surface area contributed by atoms with Gasteiger partial charge in [0, 0.05) is 12.3 Å². The van der Waals surface area contributed by atoms with Gasteiger partial charge < -0.3 is 14.4 Å². The Bertz CT molecular complexity index is 573. The Balaban J connectivity index is 1.89. The van der Waals surface area contributed by atoms with Gasteiger partial charge in [0.2, 0.25) is 0 Å². The van der Waals surface area contributed by atoms with Crippen LogP contribution in [-0.2, 0) is 4.74 Å². The van der Waals surface area contributed by atoms with Crippen molar-refractivity contribution in [2.24, 2.45) is 4.99 Å². The first-order valence-electron chi connectivity index (χ1n) is 6.55. The summed E-state index contributed by atoms with van der Waals surface area (Å²) in [6, 6.07) is 1.71. The number of amides is 1. The number of aliphatic imine (C=N–C) groups is 1. The Morgan fingerprint density at radius 2 is 2.24 bits per heavy atom. The molecule has 2 heterocycles. The molecule has 0 aliphatic carbocycles. The Morgan fingerprint density at radius 3 is 2.86 bits per heavy atom. The summed E-state index contributed by atoms with van der Waals surface area (Å²) in [6.45, 7) is 6.48. The number of hydrogen-bond acceptors (Lipinski definition) is 6. The van der Waals surface area contributed by atoms with Gasteiger partial charge in [-0.25, -0.2) is 4.79 Å². The molecule has 0 aromatic carbocycles. The van der Waals surface area contributed by atoms with Crippen LogP contribution in [0.5, 0.6) is 5.75 Å². The van der Waals surface area contributed by atoms with Gasteiger partial charge in [0.05, 0.1) is 24.4 Å². The quantitative estimate of drug-likeness (QED) is 0.634. The molecule has 1 saturated heterocycles. The minimum Gasteiger partial charge on any atom is -0.484 e. The molecule has 1 amide bonds. The number of thiocarbonyl (C=S) groups is 1. The van der Waals surface area contributed by atoms with E-state index in [9.17, 15) is 4.79 Å². The predicted octanol–water partition coefficient (Wildman–Crippen LogP) is 2.81. The van der Waals surface area contributed by atoms with Crippen LogP contribution in [0.1, 0.15) is 20.8 Å². The maximum absolute atomic E-state index is 11.8. The average Bonchev–Trinajstić information content (AvgIpc) is 2.33. The standard InChI is InChI=1S/C14H17N3O3S/c1-14(2,3)20-13(18)17-7-10(8-17)19-12-4-5-15-6-11(12)16-9-21/h4-6,10H,7-8H2,1-3H3. The van der Waals surface area contributed by atoms with E-state index in [-0.39, 0.29) is 12.2 Å².